The highest BCUT2D eigenvalue weighted by atomic mass is 16.7. The Balaban J connectivity index is 3.25. The lowest BCUT2D eigenvalue weighted by atomic mass is 9.74. The molecule has 1 heterocycles. The van der Waals surface area contributed by atoms with Crippen molar-refractivity contribution in [1.82, 2.24) is 0 Å². The number of aliphatic hydroxyl groups is 4. The Kier molecular flexibility index (Phi) is 2.27. The first-order valence-corrected chi connectivity index (χ1v) is 4.50. The lowest BCUT2D eigenvalue weighted by molar-refractivity contribution is -0.264. The van der Waals surface area contributed by atoms with Gasteiger partial charge in [-0.25, -0.2) is 0 Å². The van der Waals surface area contributed by atoms with Crippen molar-refractivity contribution in [3.8, 4) is 0 Å². The normalized spacial score (nSPS) is 59.1. The third-order valence-electron chi connectivity index (χ3n) is 3.61. The van der Waals surface area contributed by atoms with Gasteiger partial charge in [-0.15, -0.1) is 0 Å². The first-order chi connectivity index (χ1) is 6.02. The predicted molar refractivity (Wildman–Crippen MR) is 48.4 cm³/mol. The van der Waals surface area contributed by atoms with Crippen molar-refractivity contribution >= 4 is 0 Å². The van der Waals surface area contributed by atoms with E-state index in [-0.39, 0.29) is 0 Å². The molecule has 1 saturated heterocycles. The van der Waals surface area contributed by atoms with E-state index in [1.807, 2.05) is 0 Å². The van der Waals surface area contributed by atoms with E-state index in [4.69, 9.17) is 9.84 Å². The second kappa shape index (κ2) is 2.68. The molecule has 0 aromatic rings. The maximum atomic E-state index is 10.1. The maximum absolute atomic E-state index is 10.1. The summed E-state index contributed by atoms with van der Waals surface area (Å²) < 4.78 is 5.12. The average molecular weight is 206 g/mol. The number of aliphatic hydroxyl groups excluding tert-OH is 1. The molecule has 0 aromatic heterocycles. The topological polar surface area (TPSA) is 90.2 Å². The van der Waals surface area contributed by atoms with Crippen LogP contribution in [0.1, 0.15) is 27.7 Å². The molecule has 1 aliphatic heterocycles. The van der Waals surface area contributed by atoms with Crippen LogP contribution < -0.4 is 0 Å². The van der Waals surface area contributed by atoms with Gasteiger partial charge in [0.1, 0.15) is 16.8 Å². The minimum atomic E-state index is -1.89. The van der Waals surface area contributed by atoms with Crippen LogP contribution in [0.4, 0.5) is 0 Å². The fourth-order valence-corrected chi connectivity index (χ4v) is 1.79. The first-order valence-electron chi connectivity index (χ1n) is 4.50. The molecule has 14 heavy (non-hydrogen) atoms. The Labute approximate surface area is 82.9 Å². The van der Waals surface area contributed by atoms with Crippen LogP contribution in [0.3, 0.4) is 0 Å². The van der Waals surface area contributed by atoms with Crippen LogP contribution in [0.5, 0.6) is 0 Å². The minimum absolute atomic E-state index is 0.494. The third kappa shape index (κ3) is 1.07. The Bertz CT molecular complexity index is 246. The summed E-state index contributed by atoms with van der Waals surface area (Å²) in [4.78, 5) is 0. The van der Waals surface area contributed by atoms with Gasteiger partial charge in [0.25, 0.3) is 0 Å². The lowest BCUT2D eigenvalue weighted by Crippen LogP contribution is -2.62. The van der Waals surface area contributed by atoms with E-state index in [1.165, 1.54) is 27.7 Å². The molecular weight excluding hydrogens is 188 g/mol. The molecule has 0 radical (unpaired) electrons. The first kappa shape index (κ1) is 11.9. The summed E-state index contributed by atoms with van der Waals surface area (Å²) in [5.74, 6) is -1.89. The van der Waals surface area contributed by atoms with Crippen molar-refractivity contribution in [2.75, 3.05) is 6.61 Å². The number of hydrogen-bond donors (Lipinski definition) is 4. The van der Waals surface area contributed by atoms with Crippen LogP contribution in [-0.2, 0) is 4.74 Å². The van der Waals surface area contributed by atoms with E-state index in [0.29, 0.717) is 0 Å². The van der Waals surface area contributed by atoms with Gasteiger partial charge in [0.2, 0.25) is 0 Å². The van der Waals surface area contributed by atoms with E-state index >= 15 is 0 Å². The number of rotatable bonds is 1. The third-order valence-corrected chi connectivity index (χ3v) is 3.61. The molecule has 0 amide bonds. The van der Waals surface area contributed by atoms with Crippen molar-refractivity contribution in [3.05, 3.63) is 0 Å². The highest BCUT2D eigenvalue weighted by molar-refractivity contribution is 5.17. The maximum Gasteiger partial charge on any atom is 0.195 e. The van der Waals surface area contributed by atoms with Crippen LogP contribution >= 0.6 is 0 Å². The van der Waals surface area contributed by atoms with Gasteiger partial charge in [0.05, 0.1) is 6.61 Å². The summed E-state index contributed by atoms with van der Waals surface area (Å²) in [5, 5.41) is 39.0. The summed E-state index contributed by atoms with van der Waals surface area (Å²) in [6.45, 7) is 4.79. The van der Waals surface area contributed by atoms with Crippen molar-refractivity contribution < 1.29 is 25.2 Å². The summed E-state index contributed by atoms with van der Waals surface area (Å²) in [6, 6.07) is 0. The summed E-state index contributed by atoms with van der Waals surface area (Å²) in [6.07, 6.45) is 0. The Morgan fingerprint density at radius 1 is 0.929 bits per heavy atom. The SMILES string of the molecule is CC1(O)OC(C)(CO)C(C)(O)C1(C)O. The van der Waals surface area contributed by atoms with Crippen LogP contribution in [-0.4, -0.2) is 49.6 Å². The Hall–Kier alpha value is -0.200. The standard InChI is InChI=1S/C9H18O5/c1-6(5-10)7(2,11)8(3,12)9(4,13)14-6/h10-13H,5H2,1-4H3. The molecule has 0 aromatic carbocycles. The Morgan fingerprint density at radius 2 is 1.36 bits per heavy atom. The van der Waals surface area contributed by atoms with Crippen LogP contribution in [0, 0.1) is 0 Å². The van der Waals surface area contributed by atoms with Gasteiger partial charge in [-0.2, -0.15) is 0 Å². The van der Waals surface area contributed by atoms with E-state index in [9.17, 15) is 15.3 Å². The molecule has 0 saturated carbocycles. The average Bonchev–Trinajstić information content (AvgIpc) is 2.09. The van der Waals surface area contributed by atoms with E-state index < -0.39 is 29.2 Å². The molecule has 4 atom stereocenters. The molecule has 5 heteroatoms. The molecule has 1 rings (SSSR count). The fourth-order valence-electron chi connectivity index (χ4n) is 1.79. The zero-order chi connectivity index (χ0) is 11.4. The predicted octanol–water partition coefficient (Wildman–Crippen LogP) is -1.02. The summed E-state index contributed by atoms with van der Waals surface area (Å²) in [5.41, 5.74) is -4.98. The zero-order valence-corrected chi connectivity index (χ0v) is 8.90. The highest BCUT2D eigenvalue weighted by Crippen LogP contribution is 2.50. The second-order valence-electron chi connectivity index (χ2n) is 4.62. The molecule has 0 bridgehead atoms. The van der Waals surface area contributed by atoms with E-state index in [0.717, 1.165) is 0 Å². The largest absolute Gasteiger partial charge is 0.393 e. The molecule has 5 nitrogen and oxygen atoms in total. The van der Waals surface area contributed by atoms with Gasteiger partial charge in [-0.05, 0) is 27.7 Å². The van der Waals surface area contributed by atoms with Crippen LogP contribution in [0.25, 0.3) is 0 Å². The molecule has 1 fully saturated rings. The summed E-state index contributed by atoms with van der Waals surface area (Å²) in [7, 11) is 0. The number of hydrogen-bond acceptors (Lipinski definition) is 5. The van der Waals surface area contributed by atoms with Crippen LogP contribution in [0.2, 0.25) is 0 Å². The Morgan fingerprint density at radius 3 is 1.50 bits per heavy atom. The lowest BCUT2D eigenvalue weighted by Gasteiger charge is -2.40. The fraction of sp³-hybridized carbons (Fsp3) is 1.00. The van der Waals surface area contributed by atoms with Crippen molar-refractivity contribution in [3.63, 3.8) is 0 Å². The van der Waals surface area contributed by atoms with Gasteiger partial charge in [0, 0.05) is 0 Å². The molecule has 0 spiro atoms. The molecular formula is C9H18O5. The minimum Gasteiger partial charge on any atom is -0.393 e. The van der Waals surface area contributed by atoms with Gasteiger partial charge in [-0.1, -0.05) is 0 Å². The molecule has 4 unspecified atom stereocenters. The molecule has 0 aliphatic carbocycles. The van der Waals surface area contributed by atoms with E-state index in [1.54, 1.807) is 0 Å². The van der Waals surface area contributed by atoms with Gasteiger partial charge < -0.3 is 25.2 Å². The van der Waals surface area contributed by atoms with Crippen LogP contribution in [0.15, 0.2) is 0 Å². The quantitative estimate of drug-likeness (QED) is 0.441. The monoisotopic (exact) mass is 206 g/mol. The highest BCUT2D eigenvalue weighted by Gasteiger charge is 2.71. The van der Waals surface area contributed by atoms with Crippen molar-refractivity contribution in [1.29, 1.82) is 0 Å². The molecule has 4 N–H and O–H groups in total. The van der Waals surface area contributed by atoms with E-state index in [2.05, 4.69) is 0 Å². The van der Waals surface area contributed by atoms with Gasteiger partial charge in [-0.3, -0.25) is 0 Å². The van der Waals surface area contributed by atoms with Gasteiger partial charge in [0.15, 0.2) is 5.79 Å². The van der Waals surface area contributed by atoms with Crippen molar-refractivity contribution in [2.24, 2.45) is 0 Å². The zero-order valence-electron chi connectivity index (χ0n) is 8.90. The summed E-state index contributed by atoms with van der Waals surface area (Å²) >= 11 is 0. The number of ether oxygens (including phenoxy) is 1. The van der Waals surface area contributed by atoms with Gasteiger partial charge >= 0.3 is 0 Å². The molecule has 84 valence electrons. The smallest absolute Gasteiger partial charge is 0.195 e. The molecule has 1 aliphatic rings. The second-order valence-corrected chi connectivity index (χ2v) is 4.62. The van der Waals surface area contributed by atoms with Crippen molar-refractivity contribution in [2.45, 2.75) is 50.3 Å².